The van der Waals surface area contributed by atoms with E-state index in [1.807, 2.05) is 55.8 Å². The molecule has 11 nitrogen and oxygen atoms in total. The van der Waals surface area contributed by atoms with Crippen molar-refractivity contribution in [3.05, 3.63) is 147 Å². The van der Waals surface area contributed by atoms with Gasteiger partial charge in [-0.15, -0.1) is 0 Å². The minimum absolute atomic E-state index is 0.00531. The summed E-state index contributed by atoms with van der Waals surface area (Å²) in [4.78, 5) is 18.9. The second kappa shape index (κ2) is 21.0. The summed E-state index contributed by atoms with van der Waals surface area (Å²) in [5.74, 6) is 0.663. The fourth-order valence-corrected chi connectivity index (χ4v) is 13.5. The maximum atomic E-state index is 15.8. The molecule has 6 aromatic rings. The van der Waals surface area contributed by atoms with Crippen molar-refractivity contribution in [2.75, 3.05) is 33.2 Å². The first-order chi connectivity index (χ1) is 32.3. The van der Waals surface area contributed by atoms with Crippen LogP contribution in [0.2, 0.25) is 0 Å². The van der Waals surface area contributed by atoms with Crippen molar-refractivity contribution in [3.63, 3.8) is 0 Å². The van der Waals surface area contributed by atoms with E-state index in [2.05, 4.69) is 46.8 Å². The molecule has 0 saturated heterocycles. The summed E-state index contributed by atoms with van der Waals surface area (Å²) in [6.07, 6.45) is 5.81. The number of methoxy groups -OCH3 is 1. The normalized spacial score (nSPS) is 20.8. The van der Waals surface area contributed by atoms with Gasteiger partial charge < -0.3 is 45.3 Å². The molecule has 354 valence electrons. The Morgan fingerprint density at radius 3 is 2.55 bits per heavy atom. The highest BCUT2D eigenvalue weighted by Gasteiger charge is 2.46. The molecule has 2 aliphatic rings. The van der Waals surface area contributed by atoms with Crippen LogP contribution in [-0.4, -0.2) is 81.2 Å². The highest BCUT2D eigenvalue weighted by Crippen LogP contribution is 2.55. The zero-order chi connectivity index (χ0) is 47.3. The van der Waals surface area contributed by atoms with Crippen LogP contribution < -0.4 is 20.1 Å². The van der Waals surface area contributed by atoms with Gasteiger partial charge in [0.25, 0.3) is 0 Å². The van der Waals surface area contributed by atoms with Crippen LogP contribution in [0.1, 0.15) is 88.4 Å². The highest BCUT2D eigenvalue weighted by atomic mass is 33.1. The molecule has 8 rings (SSSR count). The Hall–Kier alpha value is -5.15. The van der Waals surface area contributed by atoms with Crippen LogP contribution in [-0.2, 0) is 48.9 Å². The minimum atomic E-state index is -1.19. The number of hydrogen-bond donors (Lipinski definition) is 8. The molecule has 0 spiro atoms. The summed E-state index contributed by atoms with van der Waals surface area (Å²) in [6, 6.07) is 27.0. The maximum Gasteiger partial charge on any atom is 0.167 e. The van der Waals surface area contributed by atoms with Gasteiger partial charge in [-0.2, -0.15) is 0 Å². The molecule has 0 radical (unpaired) electrons. The Morgan fingerprint density at radius 1 is 0.970 bits per heavy atom. The number of aromatic hydroxyl groups is 3. The first kappa shape index (κ1) is 48.3. The summed E-state index contributed by atoms with van der Waals surface area (Å²) >= 11 is 0. The second-order valence-electron chi connectivity index (χ2n) is 18.6. The summed E-state index contributed by atoms with van der Waals surface area (Å²) in [5, 5.41) is 66.0. The largest absolute Gasteiger partial charge is 0.508 e. The van der Waals surface area contributed by atoms with Gasteiger partial charge in [0.15, 0.2) is 23.0 Å². The van der Waals surface area contributed by atoms with E-state index < -0.39 is 23.0 Å². The fraction of sp³-hybridized carbons (Fsp3) is 0.389. The third-order valence-corrected chi connectivity index (χ3v) is 16.8. The molecule has 1 aliphatic heterocycles. The van der Waals surface area contributed by atoms with Crippen LogP contribution in [0, 0.1) is 5.92 Å². The number of fused-ring (bicyclic) bond motifs is 1. The van der Waals surface area contributed by atoms with Crippen LogP contribution in [0.5, 0.6) is 28.7 Å². The lowest BCUT2D eigenvalue weighted by Crippen LogP contribution is -2.41. The molecular weight excluding hydrogens is 883 g/mol. The topological polar surface area (TPSA) is 177 Å². The SMILES string of the molecule is CCc1ccc2ccccc2c1Cc1c(C[C@H](Cc2cc[nH]c2)[C@H](O)CC(=O)[C@@]2(c3cc(O)cc(CNC)c3)CC[C@H]3SSC[C@](C)(O)CNCOc4c(O)ccc(c43)C2)ccc(O)c1OC. The first-order valence-electron chi connectivity index (χ1n) is 23.2. The van der Waals surface area contributed by atoms with E-state index in [9.17, 15) is 25.5 Å². The molecule has 13 heteroatoms. The van der Waals surface area contributed by atoms with Gasteiger partial charge in [0, 0.05) is 60.5 Å². The summed E-state index contributed by atoms with van der Waals surface area (Å²) in [6.45, 7) is 4.77. The predicted molar refractivity (Wildman–Crippen MR) is 269 cm³/mol. The van der Waals surface area contributed by atoms with E-state index in [0.29, 0.717) is 68.0 Å². The van der Waals surface area contributed by atoms with Crippen LogP contribution in [0.25, 0.3) is 10.8 Å². The molecule has 5 atom stereocenters. The quantitative estimate of drug-likeness (QED) is 0.0460. The Kier molecular flexibility index (Phi) is 15.2. The lowest BCUT2D eigenvalue weighted by molar-refractivity contribution is -0.127. The third kappa shape index (κ3) is 10.6. The Labute approximate surface area is 401 Å². The number of aromatic nitrogens is 1. The van der Waals surface area contributed by atoms with Gasteiger partial charge in [0.05, 0.1) is 24.2 Å². The van der Waals surface area contributed by atoms with Gasteiger partial charge in [-0.3, -0.25) is 10.1 Å². The number of Topliss-reactive ketones (excluding diaryl/α,β-unsaturated/α-hetero) is 1. The maximum absolute atomic E-state index is 15.8. The lowest BCUT2D eigenvalue weighted by Gasteiger charge is -2.35. The summed E-state index contributed by atoms with van der Waals surface area (Å²) < 4.78 is 12.2. The van der Waals surface area contributed by atoms with Crippen molar-refractivity contribution in [2.45, 2.75) is 94.1 Å². The van der Waals surface area contributed by atoms with Gasteiger partial charge in [-0.05, 0) is 138 Å². The van der Waals surface area contributed by atoms with Crippen molar-refractivity contribution < 1.29 is 39.8 Å². The fourth-order valence-electron chi connectivity index (χ4n) is 10.3. The third-order valence-electron chi connectivity index (χ3n) is 13.7. The molecule has 1 aromatic heterocycles. The molecular formula is C54H63N3O8S2. The second-order valence-corrected chi connectivity index (χ2v) is 21.1. The van der Waals surface area contributed by atoms with E-state index in [-0.39, 0.29) is 47.9 Å². The number of carbonyl (C=O) groups is 1. The van der Waals surface area contributed by atoms with E-state index in [4.69, 9.17) is 9.47 Å². The Morgan fingerprint density at radius 2 is 1.78 bits per heavy atom. The molecule has 1 aliphatic carbocycles. The number of benzene rings is 5. The molecule has 0 bridgehead atoms. The molecule has 2 heterocycles. The summed E-state index contributed by atoms with van der Waals surface area (Å²) in [7, 11) is 6.56. The zero-order valence-electron chi connectivity index (χ0n) is 38.7. The van der Waals surface area contributed by atoms with Crippen molar-refractivity contribution in [3.8, 4) is 28.7 Å². The molecule has 5 aromatic carbocycles. The standard InChI is InChI=1S/C54H63N3O8S2/c1-5-35-10-11-36-8-6-7-9-42(36)43(35)25-44-37(12-14-45(59)51(44)64-4)23-39(20-33-17-19-56-29-33)47(61)26-49(62)54(40-21-34(28-55-3)22-41(58)24-40)18-16-48-50-38(27-54)13-15-46(60)52(50)65-32-57-30-53(2,63)31-66-67-48/h6-15,17,19,21-22,24,29,39,47-48,55-61,63H,5,16,18,20,23,25-28,30-32H2,1-4H3/t39-,47+,48+,53+,54-/m0/s1. The average Bonchev–Trinajstić information content (AvgIpc) is 3.75. The van der Waals surface area contributed by atoms with E-state index in [0.717, 1.165) is 56.1 Å². The van der Waals surface area contributed by atoms with Gasteiger partial charge in [-0.25, -0.2) is 0 Å². The zero-order valence-corrected chi connectivity index (χ0v) is 40.4. The number of β-amino-alcohol motifs (C(OH)–C–C–N with tert-alkyl or cyclic N) is 1. The van der Waals surface area contributed by atoms with Gasteiger partial charge in [-0.1, -0.05) is 83.1 Å². The number of nitrogens with one attached hydrogen (secondary N) is 3. The number of aliphatic hydroxyl groups is 2. The molecule has 0 fully saturated rings. The lowest BCUT2D eigenvalue weighted by atomic mass is 9.68. The van der Waals surface area contributed by atoms with Gasteiger partial charge >= 0.3 is 0 Å². The smallest absolute Gasteiger partial charge is 0.167 e. The number of carbonyl (C=O) groups excluding carboxylic acids is 1. The number of phenolic OH excluding ortho intramolecular Hbond substituents is 3. The Balaban J connectivity index is 1.20. The van der Waals surface area contributed by atoms with E-state index in [1.165, 1.54) is 5.56 Å². The first-order valence-corrected chi connectivity index (χ1v) is 25.6. The highest BCUT2D eigenvalue weighted by molar-refractivity contribution is 8.76. The van der Waals surface area contributed by atoms with Crippen LogP contribution in [0.4, 0.5) is 0 Å². The number of hydrogen-bond acceptors (Lipinski definition) is 12. The molecule has 8 N–H and O–H groups in total. The number of H-pyrrole nitrogens is 1. The molecule has 0 unspecified atom stereocenters. The number of aryl methyl sites for hydroxylation is 1. The van der Waals surface area contributed by atoms with Gasteiger partial charge in [0.2, 0.25) is 0 Å². The molecule has 0 saturated carbocycles. The monoisotopic (exact) mass is 945 g/mol. The Bertz CT molecular complexity index is 2690. The van der Waals surface area contributed by atoms with Crippen LogP contribution >= 0.6 is 21.6 Å². The minimum Gasteiger partial charge on any atom is -0.508 e. The van der Waals surface area contributed by atoms with Crippen LogP contribution in [0.15, 0.2) is 97.3 Å². The van der Waals surface area contributed by atoms with Crippen molar-refractivity contribution in [1.82, 2.24) is 15.6 Å². The summed E-state index contributed by atoms with van der Waals surface area (Å²) in [5.41, 5.74) is 6.00. The average molecular weight is 946 g/mol. The number of ether oxygens (including phenoxy) is 2. The number of aromatic amines is 1. The van der Waals surface area contributed by atoms with Crippen LogP contribution in [0.3, 0.4) is 0 Å². The number of rotatable bonds is 15. The van der Waals surface area contributed by atoms with Crippen molar-refractivity contribution >= 4 is 38.1 Å². The number of ketones is 1. The van der Waals surface area contributed by atoms with Gasteiger partial charge in [0.1, 0.15) is 18.3 Å². The van der Waals surface area contributed by atoms with E-state index >= 15 is 4.79 Å². The predicted octanol–water partition coefficient (Wildman–Crippen LogP) is 8.97. The molecule has 67 heavy (non-hydrogen) atoms. The molecule has 0 amide bonds. The van der Waals surface area contributed by atoms with Crippen molar-refractivity contribution in [1.29, 1.82) is 0 Å². The number of aliphatic hydroxyl groups excluding tert-OH is 1. The van der Waals surface area contributed by atoms with E-state index in [1.54, 1.807) is 59.9 Å². The van der Waals surface area contributed by atoms with Crippen molar-refractivity contribution in [2.24, 2.45) is 5.92 Å². The number of phenols is 3.